The van der Waals surface area contributed by atoms with Crippen molar-refractivity contribution in [2.24, 2.45) is 0 Å². The van der Waals surface area contributed by atoms with Crippen molar-refractivity contribution >= 4 is 38.9 Å². The lowest BCUT2D eigenvalue weighted by molar-refractivity contribution is 0.475. The Kier molecular flexibility index (Phi) is 5.14. The Balaban J connectivity index is 1.60. The van der Waals surface area contributed by atoms with Crippen molar-refractivity contribution in [2.45, 2.75) is 18.6 Å². The fourth-order valence-corrected chi connectivity index (χ4v) is 4.56. The predicted molar refractivity (Wildman–Crippen MR) is 124 cm³/mol. The molecule has 0 spiro atoms. The predicted octanol–water partition coefficient (Wildman–Crippen LogP) is 5.46. The minimum atomic E-state index is -0.0763. The third-order valence-corrected chi connectivity index (χ3v) is 6.12. The molecule has 150 valence electrons. The first-order chi connectivity index (χ1) is 14.7. The molecule has 5 rings (SSSR count). The van der Waals surface area contributed by atoms with Crippen molar-refractivity contribution in [3.63, 3.8) is 0 Å². The molecule has 1 aromatic carbocycles. The van der Waals surface area contributed by atoms with Crippen molar-refractivity contribution in [2.75, 3.05) is 4.90 Å². The standard InChI is InChI=1S/C23H19BrN4OS/c24-16-8-10-17(11-9-16)28-22(21(26-23(28)30)19-6-1-2-12-25-19)20-7-3-13-27(20)15-18-5-4-14-29-18/h1-14,21-22H,15H2,(H,26,30)/t21-,22+/m1/s1. The van der Waals surface area contributed by atoms with Crippen LogP contribution in [0, 0.1) is 0 Å². The van der Waals surface area contributed by atoms with Crippen LogP contribution >= 0.6 is 28.1 Å². The van der Waals surface area contributed by atoms with Crippen molar-refractivity contribution in [3.8, 4) is 0 Å². The zero-order valence-corrected chi connectivity index (χ0v) is 18.4. The summed E-state index contributed by atoms with van der Waals surface area (Å²) in [6.07, 6.45) is 5.60. The topological polar surface area (TPSA) is 46.2 Å². The van der Waals surface area contributed by atoms with Gasteiger partial charge in [-0.25, -0.2) is 0 Å². The van der Waals surface area contributed by atoms with E-state index < -0.39 is 0 Å². The Morgan fingerprint density at radius 1 is 1.03 bits per heavy atom. The Labute approximate surface area is 188 Å². The van der Waals surface area contributed by atoms with Crippen molar-refractivity contribution < 1.29 is 4.42 Å². The number of nitrogens with one attached hydrogen (secondary N) is 1. The number of halogens is 1. The Morgan fingerprint density at radius 3 is 2.63 bits per heavy atom. The molecule has 4 heterocycles. The molecule has 0 saturated carbocycles. The maximum atomic E-state index is 5.79. The van der Waals surface area contributed by atoms with E-state index in [1.807, 2.05) is 48.7 Å². The van der Waals surface area contributed by atoms with Crippen LogP contribution in [0.4, 0.5) is 5.69 Å². The highest BCUT2D eigenvalue weighted by Crippen LogP contribution is 2.41. The summed E-state index contributed by atoms with van der Waals surface area (Å²) in [5, 5.41) is 4.19. The average Bonchev–Trinajstić information content (AvgIpc) is 3.50. The van der Waals surface area contributed by atoms with Crippen LogP contribution in [-0.4, -0.2) is 14.7 Å². The van der Waals surface area contributed by atoms with Gasteiger partial charge in [-0.05, 0) is 72.9 Å². The van der Waals surface area contributed by atoms with Crippen LogP contribution in [0.1, 0.15) is 29.2 Å². The van der Waals surface area contributed by atoms with E-state index >= 15 is 0 Å². The number of rotatable bonds is 5. The third kappa shape index (κ3) is 3.55. The number of furan rings is 1. The number of aromatic nitrogens is 2. The van der Waals surface area contributed by atoms with Crippen LogP contribution in [0.2, 0.25) is 0 Å². The smallest absolute Gasteiger partial charge is 0.174 e. The van der Waals surface area contributed by atoms with Crippen LogP contribution in [0.25, 0.3) is 0 Å². The normalized spacial score (nSPS) is 18.6. The fourth-order valence-electron chi connectivity index (χ4n) is 3.95. The molecule has 0 radical (unpaired) electrons. The molecule has 7 heteroatoms. The molecule has 2 atom stereocenters. The molecule has 1 N–H and O–H groups in total. The number of pyridine rings is 1. The average molecular weight is 479 g/mol. The summed E-state index contributed by atoms with van der Waals surface area (Å²) in [7, 11) is 0. The Bertz CT molecular complexity index is 1140. The largest absolute Gasteiger partial charge is 0.467 e. The number of hydrogen-bond acceptors (Lipinski definition) is 3. The van der Waals surface area contributed by atoms with E-state index in [-0.39, 0.29) is 12.1 Å². The minimum absolute atomic E-state index is 0.0569. The highest BCUT2D eigenvalue weighted by Gasteiger charge is 2.42. The van der Waals surface area contributed by atoms with Crippen molar-refractivity contribution in [1.29, 1.82) is 0 Å². The second-order valence-corrected chi connectivity index (χ2v) is 8.42. The van der Waals surface area contributed by atoms with Gasteiger partial charge in [0.1, 0.15) is 11.8 Å². The van der Waals surface area contributed by atoms with E-state index in [2.05, 4.69) is 66.2 Å². The Hall–Kier alpha value is -2.90. The molecular formula is C23H19BrN4OS. The summed E-state index contributed by atoms with van der Waals surface area (Å²) in [6.45, 7) is 0.654. The summed E-state index contributed by atoms with van der Waals surface area (Å²) in [5.41, 5.74) is 3.12. The first-order valence-electron chi connectivity index (χ1n) is 9.64. The van der Waals surface area contributed by atoms with E-state index in [9.17, 15) is 0 Å². The molecule has 3 aromatic heterocycles. The highest BCUT2D eigenvalue weighted by atomic mass is 79.9. The summed E-state index contributed by atoms with van der Waals surface area (Å²) >= 11 is 9.32. The van der Waals surface area contributed by atoms with E-state index in [1.165, 1.54) is 0 Å². The lowest BCUT2D eigenvalue weighted by Gasteiger charge is -2.29. The lowest BCUT2D eigenvalue weighted by atomic mass is 10.0. The number of hydrogen-bond donors (Lipinski definition) is 1. The molecule has 1 saturated heterocycles. The van der Waals surface area contributed by atoms with Gasteiger partial charge in [0.15, 0.2) is 5.11 Å². The monoisotopic (exact) mass is 478 g/mol. The highest BCUT2D eigenvalue weighted by molar-refractivity contribution is 9.10. The SMILES string of the molecule is S=C1N[C@H](c2ccccn2)[C@H](c2cccn2Cc2ccco2)N1c1ccc(Br)cc1. The third-order valence-electron chi connectivity index (χ3n) is 5.28. The van der Waals surface area contributed by atoms with Gasteiger partial charge in [-0.15, -0.1) is 0 Å². The van der Waals surface area contributed by atoms with Gasteiger partial charge in [-0.2, -0.15) is 0 Å². The molecule has 0 bridgehead atoms. The van der Waals surface area contributed by atoms with Crippen molar-refractivity contribution in [1.82, 2.24) is 14.9 Å². The molecule has 1 aliphatic heterocycles. The van der Waals surface area contributed by atoms with Crippen LogP contribution in [0.3, 0.4) is 0 Å². The van der Waals surface area contributed by atoms with Crippen LogP contribution in [-0.2, 0) is 6.54 Å². The zero-order valence-electron chi connectivity index (χ0n) is 16.0. The summed E-state index contributed by atoms with van der Waals surface area (Å²) in [6, 6.07) is 22.2. The maximum absolute atomic E-state index is 5.79. The van der Waals surface area contributed by atoms with Gasteiger partial charge in [0.05, 0.1) is 24.5 Å². The second kappa shape index (κ2) is 8.08. The number of benzene rings is 1. The van der Waals surface area contributed by atoms with Gasteiger partial charge in [0.25, 0.3) is 0 Å². The molecular weight excluding hydrogens is 460 g/mol. The number of anilines is 1. The van der Waals surface area contributed by atoms with Gasteiger partial charge in [0, 0.05) is 28.2 Å². The van der Waals surface area contributed by atoms with Gasteiger partial charge < -0.3 is 19.2 Å². The fraction of sp³-hybridized carbons (Fsp3) is 0.130. The van der Waals surface area contributed by atoms with Crippen LogP contribution < -0.4 is 10.2 Å². The summed E-state index contributed by atoms with van der Waals surface area (Å²) in [4.78, 5) is 6.79. The first kappa shape index (κ1) is 19.1. The summed E-state index contributed by atoms with van der Waals surface area (Å²) in [5.74, 6) is 0.908. The van der Waals surface area contributed by atoms with E-state index in [0.717, 1.165) is 27.3 Å². The number of nitrogens with zero attached hydrogens (tertiary/aromatic N) is 3. The van der Waals surface area contributed by atoms with Gasteiger partial charge in [0.2, 0.25) is 0 Å². The molecule has 1 fully saturated rings. The van der Waals surface area contributed by atoms with E-state index in [0.29, 0.717) is 11.7 Å². The van der Waals surface area contributed by atoms with E-state index in [1.54, 1.807) is 6.26 Å². The molecule has 30 heavy (non-hydrogen) atoms. The molecule has 0 amide bonds. The summed E-state index contributed by atoms with van der Waals surface area (Å²) < 4.78 is 8.83. The first-order valence-corrected chi connectivity index (χ1v) is 10.8. The molecule has 0 unspecified atom stereocenters. The lowest BCUT2D eigenvalue weighted by Crippen LogP contribution is -2.30. The van der Waals surface area contributed by atoms with Gasteiger partial charge in [-0.3, -0.25) is 4.98 Å². The Morgan fingerprint density at radius 2 is 1.90 bits per heavy atom. The van der Waals surface area contributed by atoms with Gasteiger partial charge in [-0.1, -0.05) is 22.0 Å². The molecule has 0 aliphatic carbocycles. The molecule has 5 nitrogen and oxygen atoms in total. The molecule has 4 aromatic rings. The zero-order chi connectivity index (χ0) is 20.5. The van der Waals surface area contributed by atoms with Crippen molar-refractivity contribution in [3.05, 3.63) is 107 Å². The quantitative estimate of drug-likeness (QED) is 0.385. The molecule has 1 aliphatic rings. The van der Waals surface area contributed by atoms with E-state index in [4.69, 9.17) is 16.6 Å². The maximum Gasteiger partial charge on any atom is 0.174 e. The second-order valence-electron chi connectivity index (χ2n) is 7.11. The number of thiocarbonyl (C=S) groups is 1. The van der Waals surface area contributed by atoms with Gasteiger partial charge >= 0.3 is 0 Å². The van der Waals surface area contributed by atoms with Crippen LogP contribution in [0.15, 0.2) is 94.3 Å². The minimum Gasteiger partial charge on any atom is -0.467 e. The van der Waals surface area contributed by atoms with Crippen LogP contribution in [0.5, 0.6) is 0 Å².